The number of halogens is 2. The molecule has 4 heteroatoms. The van der Waals surface area contributed by atoms with E-state index < -0.39 is 11.6 Å². The van der Waals surface area contributed by atoms with Gasteiger partial charge >= 0.3 is 0 Å². The van der Waals surface area contributed by atoms with Crippen LogP contribution in [0, 0.1) is 17.6 Å². The zero-order chi connectivity index (χ0) is 13.0. The predicted octanol–water partition coefficient (Wildman–Crippen LogP) is 3.04. The third-order valence-electron chi connectivity index (χ3n) is 3.49. The summed E-state index contributed by atoms with van der Waals surface area (Å²) in [6.45, 7) is 4.14. The Morgan fingerprint density at radius 3 is 2.50 bits per heavy atom. The van der Waals surface area contributed by atoms with E-state index >= 15 is 0 Å². The summed E-state index contributed by atoms with van der Waals surface area (Å²) in [5, 5.41) is 3.21. The topological polar surface area (TPSA) is 21.3 Å². The Kier molecular flexibility index (Phi) is 4.66. The molecule has 1 unspecified atom stereocenters. The van der Waals surface area contributed by atoms with Gasteiger partial charge in [-0.3, -0.25) is 0 Å². The van der Waals surface area contributed by atoms with E-state index in [4.69, 9.17) is 4.74 Å². The third-order valence-corrected chi connectivity index (χ3v) is 3.49. The molecular weight excluding hydrogens is 236 g/mol. The van der Waals surface area contributed by atoms with Crippen LogP contribution in [0.1, 0.15) is 31.4 Å². The van der Waals surface area contributed by atoms with E-state index in [0.29, 0.717) is 5.92 Å². The van der Waals surface area contributed by atoms with Crippen molar-refractivity contribution < 1.29 is 13.5 Å². The highest BCUT2D eigenvalue weighted by molar-refractivity contribution is 5.22. The summed E-state index contributed by atoms with van der Waals surface area (Å²) < 4.78 is 32.4. The molecule has 1 aromatic carbocycles. The molecule has 1 heterocycles. The summed E-state index contributed by atoms with van der Waals surface area (Å²) in [6, 6.07) is 3.67. The monoisotopic (exact) mass is 255 g/mol. The average molecular weight is 255 g/mol. The van der Waals surface area contributed by atoms with Crippen LogP contribution in [-0.2, 0) is 4.74 Å². The fourth-order valence-corrected chi connectivity index (χ4v) is 2.32. The highest BCUT2D eigenvalue weighted by Gasteiger charge is 2.18. The Hall–Kier alpha value is -1.00. The van der Waals surface area contributed by atoms with Gasteiger partial charge in [0.2, 0.25) is 0 Å². The molecule has 0 bridgehead atoms. The van der Waals surface area contributed by atoms with Crippen LogP contribution in [0.15, 0.2) is 18.2 Å². The Balaban J connectivity index is 1.92. The first-order chi connectivity index (χ1) is 8.68. The Bertz CT molecular complexity index is 371. The lowest BCUT2D eigenvalue weighted by Crippen LogP contribution is -2.30. The quantitative estimate of drug-likeness (QED) is 0.893. The minimum absolute atomic E-state index is 0.129. The van der Waals surface area contributed by atoms with E-state index in [2.05, 4.69) is 5.32 Å². The van der Waals surface area contributed by atoms with Gasteiger partial charge in [0.1, 0.15) is 11.6 Å². The van der Waals surface area contributed by atoms with E-state index in [1.807, 2.05) is 0 Å². The highest BCUT2D eigenvalue weighted by Crippen LogP contribution is 2.21. The van der Waals surface area contributed by atoms with Gasteiger partial charge in [0.05, 0.1) is 0 Å². The minimum Gasteiger partial charge on any atom is -0.381 e. The standard InChI is InChI=1S/C14H19F2NO/c1-10(14-12(15)3-2-4-13(14)16)17-9-11-5-7-18-8-6-11/h2-4,10-11,17H,5-9H2,1H3. The summed E-state index contributed by atoms with van der Waals surface area (Å²) in [7, 11) is 0. The van der Waals surface area contributed by atoms with Gasteiger partial charge in [0.15, 0.2) is 0 Å². The largest absolute Gasteiger partial charge is 0.381 e. The molecule has 100 valence electrons. The molecule has 0 amide bonds. The first kappa shape index (κ1) is 13.4. The van der Waals surface area contributed by atoms with Gasteiger partial charge in [-0.15, -0.1) is 0 Å². The maximum atomic E-state index is 13.6. The van der Waals surface area contributed by atoms with E-state index in [0.717, 1.165) is 32.6 Å². The fraction of sp³-hybridized carbons (Fsp3) is 0.571. The zero-order valence-electron chi connectivity index (χ0n) is 10.6. The summed E-state index contributed by atoms with van der Waals surface area (Å²) in [5.41, 5.74) is 0.129. The van der Waals surface area contributed by atoms with Crippen molar-refractivity contribution in [3.05, 3.63) is 35.4 Å². The van der Waals surface area contributed by atoms with Crippen molar-refractivity contribution >= 4 is 0 Å². The second-order valence-corrected chi connectivity index (χ2v) is 4.82. The maximum Gasteiger partial charge on any atom is 0.130 e. The lowest BCUT2D eigenvalue weighted by atomic mass is 9.99. The van der Waals surface area contributed by atoms with Crippen LogP contribution in [0.3, 0.4) is 0 Å². The molecule has 1 atom stereocenters. The Morgan fingerprint density at radius 2 is 1.89 bits per heavy atom. The molecule has 0 radical (unpaired) electrons. The van der Waals surface area contributed by atoms with Crippen LogP contribution in [0.2, 0.25) is 0 Å². The average Bonchev–Trinajstić information content (AvgIpc) is 2.37. The summed E-state index contributed by atoms with van der Waals surface area (Å²) >= 11 is 0. The second-order valence-electron chi connectivity index (χ2n) is 4.82. The Morgan fingerprint density at radius 1 is 1.28 bits per heavy atom. The minimum atomic E-state index is -0.484. The van der Waals surface area contributed by atoms with E-state index in [9.17, 15) is 8.78 Å². The predicted molar refractivity (Wildman–Crippen MR) is 66.3 cm³/mol. The van der Waals surface area contributed by atoms with Gasteiger partial charge in [-0.1, -0.05) is 6.07 Å². The van der Waals surface area contributed by atoms with Gasteiger partial charge in [-0.2, -0.15) is 0 Å². The van der Waals surface area contributed by atoms with Crippen LogP contribution in [-0.4, -0.2) is 19.8 Å². The molecule has 1 saturated heterocycles. The molecule has 2 nitrogen and oxygen atoms in total. The molecule has 1 N–H and O–H groups in total. The number of hydrogen-bond donors (Lipinski definition) is 1. The molecule has 0 aromatic heterocycles. The molecule has 0 spiro atoms. The van der Waals surface area contributed by atoms with Crippen molar-refractivity contribution in [1.29, 1.82) is 0 Å². The van der Waals surface area contributed by atoms with Crippen LogP contribution in [0.4, 0.5) is 8.78 Å². The van der Waals surface area contributed by atoms with Gasteiger partial charge in [0.25, 0.3) is 0 Å². The molecule has 18 heavy (non-hydrogen) atoms. The summed E-state index contributed by atoms with van der Waals surface area (Å²) in [5.74, 6) is -0.431. The third kappa shape index (κ3) is 3.27. The van der Waals surface area contributed by atoms with Gasteiger partial charge in [-0.25, -0.2) is 8.78 Å². The molecule has 1 aliphatic heterocycles. The van der Waals surface area contributed by atoms with E-state index in [-0.39, 0.29) is 11.6 Å². The number of benzene rings is 1. The van der Waals surface area contributed by atoms with Crippen molar-refractivity contribution in [1.82, 2.24) is 5.32 Å². The van der Waals surface area contributed by atoms with Crippen LogP contribution in [0.5, 0.6) is 0 Å². The summed E-state index contributed by atoms with van der Waals surface area (Å²) in [4.78, 5) is 0. The van der Waals surface area contributed by atoms with Crippen molar-refractivity contribution in [3.8, 4) is 0 Å². The van der Waals surface area contributed by atoms with Crippen LogP contribution < -0.4 is 5.32 Å². The molecule has 1 aliphatic rings. The SMILES string of the molecule is CC(NCC1CCOCC1)c1c(F)cccc1F. The van der Waals surface area contributed by atoms with Crippen LogP contribution in [0.25, 0.3) is 0 Å². The number of rotatable bonds is 4. The molecule has 0 aliphatic carbocycles. The molecular formula is C14H19F2NO. The smallest absolute Gasteiger partial charge is 0.130 e. The summed E-state index contributed by atoms with van der Waals surface area (Å²) in [6.07, 6.45) is 2.03. The lowest BCUT2D eigenvalue weighted by Gasteiger charge is -2.24. The number of hydrogen-bond acceptors (Lipinski definition) is 2. The molecule has 1 aromatic rings. The van der Waals surface area contributed by atoms with Crippen LogP contribution >= 0.6 is 0 Å². The fourth-order valence-electron chi connectivity index (χ4n) is 2.32. The zero-order valence-corrected chi connectivity index (χ0v) is 10.6. The van der Waals surface area contributed by atoms with Crippen molar-refractivity contribution in [2.24, 2.45) is 5.92 Å². The maximum absolute atomic E-state index is 13.6. The molecule has 1 fully saturated rings. The molecule has 0 saturated carbocycles. The normalized spacial score (nSPS) is 18.8. The van der Waals surface area contributed by atoms with Crippen molar-refractivity contribution in [2.75, 3.05) is 19.8 Å². The van der Waals surface area contributed by atoms with Gasteiger partial charge in [-0.05, 0) is 44.4 Å². The number of ether oxygens (including phenoxy) is 1. The first-order valence-corrected chi connectivity index (χ1v) is 6.43. The second kappa shape index (κ2) is 6.25. The van der Waals surface area contributed by atoms with E-state index in [1.54, 1.807) is 6.92 Å². The molecule has 2 rings (SSSR count). The van der Waals surface area contributed by atoms with Gasteiger partial charge in [0, 0.05) is 24.8 Å². The number of nitrogens with one attached hydrogen (secondary N) is 1. The van der Waals surface area contributed by atoms with Gasteiger partial charge < -0.3 is 10.1 Å². The highest BCUT2D eigenvalue weighted by atomic mass is 19.1. The Labute approximate surface area is 106 Å². The van der Waals surface area contributed by atoms with Crippen molar-refractivity contribution in [3.63, 3.8) is 0 Å². The van der Waals surface area contributed by atoms with Crippen molar-refractivity contribution in [2.45, 2.75) is 25.8 Å². The lowest BCUT2D eigenvalue weighted by molar-refractivity contribution is 0.0655. The first-order valence-electron chi connectivity index (χ1n) is 6.43. The van der Waals surface area contributed by atoms with E-state index in [1.165, 1.54) is 18.2 Å².